The normalized spacial score (nSPS) is 21.7. The minimum Gasteiger partial charge on any atom is -0.478 e. The Morgan fingerprint density at radius 2 is 1.66 bits per heavy atom. The maximum absolute atomic E-state index is 11.8. The molecule has 4 aromatic rings. The highest BCUT2D eigenvalue weighted by Crippen LogP contribution is 2.69. The second kappa shape index (κ2) is 8.97. The van der Waals surface area contributed by atoms with Crippen molar-refractivity contribution in [3.8, 4) is 22.3 Å². The zero-order chi connectivity index (χ0) is 26.8. The van der Waals surface area contributed by atoms with E-state index in [1.54, 1.807) is 18.5 Å². The summed E-state index contributed by atoms with van der Waals surface area (Å²) < 4.78 is 0. The fraction of sp³-hybridized carbons (Fsp3) is 0.250. The summed E-state index contributed by atoms with van der Waals surface area (Å²) in [6.07, 6.45) is 3.59. The van der Waals surface area contributed by atoms with Crippen LogP contribution < -0.4 is 4.90 Å². The van der Waals surface area contributed by atoms with E-state index in [1.165, 1.54) is 0 Å². The van der Waals surface area contributed by atoms with Crippen LogP contribution in [0.15, 0.2) is 79.1 Å². The fourth-order valence-electron chi connectivity index (χ4n) is 6.20. The van der Waals surface area contributed by atoms with Crippen LogP contribution in [0.3, 0.4) is 0 Å². The molecule has 3 unspecified atom stereocenters. The number of anilines is 1. The topological polar surface area (TPSA) is 73.7 Å². The zero-order valence-corrected chi connectivity index (χ0v) is 22.3. The Balaban J connectivity index is 1.44. The van der Waals surface area contributed by atoms with Crippen molar-refractivity contribution in [2.75, 3.05) is 4.90 Å². The van der Waals surface area contributed by atoms with Crippen molar-refractivity contribution in [1.29, 1.82) is 0 Å². The van der Waals surface area contributed by atoms with Crippen LogP contribution in [0.2, 0.25) is 5.02 Å². The van der Waals surface area contributed by atoms with E-state index in [2.05, 4.69) is 49.2 Å². The first-order valence-corrected chi connectivity index (χ1v) is 13.2. The molecule has 1 aliphatic heterocycles. The van der Waals surface area contributed by atoms with E-state index in [4.69, 9.17) is 11.6 Å². The lowest BCUT2D eigenvalue weighted by molar-refractivity contribution is 0.0696. The van der Waals surface area contributed by atoms with E-state index in [-0.39, 0.29) is 12.0 Å². The molecule has 1 saturated carbocycles. The molecule has 5 nitrogen and oxygen atoms in total. The van der Waals surface area contributed by atoms with Crippen LogP contribution in [0.25, 0.3) is 22.3 Å². The van der Waals surface area contributed by atoms with Gasteiger partial charge in [-0.2, -0.15) is 0 Å². The highest BCUT2D eigenvalue weighted by Gasteiger charge is 2.67. The van der Waals surface area contributed by atoms with Crippen LogP contribution in [-0.2, 0) is 5.41 Å². The Bertz CT molecular complexity index is 1550. The molecule has 2 heterocycles. The van der Waals surface area contributed by atoms with Crippen LogP contribution in [0.1, 0.15) is 53.2 Å². The summed E-state index contributed by atoms with van der Waals surface area (Å²) in [5.74, 6) is -0.915. The third-order valence-corrected chi connectivity index (χ3v) is 8.57. The summed E-state index contributed by atoms with van der Waals surface area (Å²) in [5, 5.41) is 22.0. The Morgan fingerprint density at radius 1 is 1.00 bits per heavy atom. The fourth-order valence-corrected chi connectivity index (χ4v) is 6.47. The van der Waals surface area contributed by atoms with Gasteiger partial charge in [0.1, 0.15) is 6.23 Å². The molecular formula is C32H29ClN2O3. The summed E-state index contributed by atoms with van der Waals surface area (Å²) in [6, 6.07) is 22.1. The highest BCUT2D eigenvalue weighted by atomic mass is 35.5. The minimum atomic E-state index is -0.931. The molecule has 1 spiro atoms. The number of nitrogens with zero attached hydrogens (tertiary/aromatic N) is 2. The van der Waals surface area contributed by atoms with Crippen LogP contribution in [0.5, 0.6) is 0 Å². The van der Waals surface area contributed by atoms with Gasteiger partial charge in [-0.3, -0.25) is 4.98 Å². The van der Waals surface area contributed by atoms with E-state index in [9.17, 15) is 15.0 Å². The third-order valence-electron chi connectivity index (χ3n) is 8.25. The summed E-state index contributed by atoms with van der Waals surface area (Å²) in [4.78, 5) is 18.0. The van der Waals surface area contributed by atoms with Crippen molar-refractivity contribution in [2.24, 2.45) is 0 Å². The van der Waals surface area contributed by atoms with Gasteiger partial charge < -0.3 is 15.1 Å². The summed E-state index contributed by atoms with van der Waals surface area (Å²) in [6.45, 7) is 5.94. The number of pyridine rings is 1. The number of hydrogen-bond acceptors (Lipinski definition) is 4. The molecule has 0 amide bonds. The van der Waals surface area contributed by atoms with Crippen molar-refractivity contribution in [3.05, 3.63) is 106 Å². The Hall–Kier alpha value is -3.67. The quantitative estimate of drug-likeness (QED) is 0.292. The molecular weight excluding hydrogens is 496 g/mol. The molecule has 2 N–H and O–H groups in total. The largest absolute Gasteiger partial charge is 0.478 e. The van der Waals surface area contributed by atoms with Gasteiger partial charge in [0.05, 0.1) is 10.6 Å². The molecule has 0 radical (unpaired) electrons. The predicted octanol–water partition coefficient (Wildman–Crippen LogP) is 7.05. The number of carboxylic acid groups (broad SMARTS) is 1. The smallest absolute Gasteiger partial charge is 0.335 e. The lowest BCUT2D eigenvalue weighted by atomic mass is 9.88. The summed E-state index contributed by atoms with van der Waals surface area (Å²) in [7, 11) is 0. The first kappa shape index (κ1) is 24.7. The zero-order valence-electron chi connectivity index (χ0n) is 21.5. The average Bonchev–Trinajstić information content (AvgIpc) is 3.61. The molecule has 3 atom stereocenters. The number of benzene rings is 3. The van der Waals surface area contributed by atoms with Crippen molar-refractivity contribution in [2.45, 2.75) is 50.8 Å². The van der Waals surface area contributed by atoms with Gasteiger partial charge in [0.25, 0.3) is 0 Å². The molecule has 1 aromatic heterocycles. The van der Waals surface area contributed by atoms with Crippen LogP contribution in [-0.4, -0.2) is 33.4 Å². The van der Waals surface area contributed by atoms with Gasteiger partial charge in [-0.25, -0.2) is 4.79 Å². The molecule has 6 heteroatoms. The minimum absolute atomic E-state index is 0.0155. The monoisotopic (exact) mass is 524 g/mol. The van der Waals surface area contributed by atoms with Crippen LogP contribution in [0, 0.1) is 6.92 Å². The van der Waals surface area contributed by atoms with Gasteiger partial charge in [-0.05, 0) is 96.8 Å². The number of hydrogen-bond donors (Lipinski definition) is 2. The molecule has 1 fully saturated rings. The molecule has 1 aliphatic carbocycles. The van der Waals surface area contributed by atoms with E-state index >= 15 is 0 Å². The van der Waals surface area contributed by atoms with Gasteiger partial charge in [-0.15, -0.1) is 0 Å². The number of carbonyl (C=O) groups is 1. The van der Waals surface area contributed by atoms with E-state index in [1.807, 2.05) is 42.2 Å². The maximum Gasteiger partial charge on any atom is 0.335 e. The number of aromatic nitrogens is 1. The predicted molar refractivity (Wildman–Crippen MR) is 151 cm³/mol. The number of fused-ring (bicyclic) bond motifs is 2. The highest BCUT2D eigenvalue weighted by molar-refractivity contribution is 6.33. The summed E-state index contributed by atoms with van der Waals surface area (Å²) >= 11 is 6.88. The molecule has 192 valence electrons. The molecule has 3 aromatic carbocycles. The molecule has 2 aliphatic rings. The second-order valence-corrected chi connectivity index (χ2v) is 11.1. The number of carboxylic acids is 1. The number of halogens is 1. The first-order valence-electron chi connectivity index (χ1n) is 12.9. The van der Waals surface area contributed by atoms with E-state index < -0.39 is 17.6 Å². The standard InChI is InChI=1S/C32H29ClN2O3/c1-18(2)35-29-16-28(33)25(22-8-6-20(7-9-22)21-10-12-34-13-11-21)15-26(29)32(31(35)38)17-27(32)23-5-4-19(3)24(14-23)30(36)37/h4-16,18,27,31,38H,17H2,1-3H3,(H,36,37). The number of aliphatic hydroxyl groups is 1. The number of aryl methyl sites for hydroxylation is 1. The number of rotatable bonds is 5. The Labute approximate surface area is 227 Å². The lowest BCUT2D eigenvalue weighted by Gasteiger charge is -2.30. The maximum atomic E-state index is 11.8. The summed E-state index contributed by atoms with van der Waals surface area (Å²) in [5.41, 5.74) is 7.61. The number of aromatic carboxylic acids is 1. The van der Waals surface area contributed by atoms with E-state index in [0.29, 0.717) is 10.6 Å². The first-order chi connectivity index (χ1) is 18.2. The Morgan fingerprint density at radius 3 is 2.32 bits per heavy atom. The average molecular weight is 525 g/mol. The second-order valence-electron chi connectivity index (χ2n) is 10.7. The lowest BCUT2D eigenvalue weighted by Crippen LogP contribution is -2.42. The van der Waals surface area contributed by atoms with Crippen molar-refractivity contribution in [3.63, 3.8) is 0 Å². The third kappa shape index (κ3) is 3.72. The molecule has 38 heavy (non-hydrogen) atoms. The van der Waals surface area contributed by atoms with Crippen molar-refractivity contribution < 1.29 is 15.0 Å². The molecule has 0 bridgehead atoms. The van der Waals surface area contributed by atoms with Gasteiger partial charge in [-0.1, -0.05) is 48.0 Å². The Kier molecular flexibility index (Phi) is 5.82. The van der Waals surface area contributed by atoms with Gasteiger partial charge in [0.15, 0.2) is 0 Å². The van der Waals surface area contributed by atoms with Crippen molar-refractivity contribution >= 4 is 23.3 Å². The molecule has 6 rings (SSSR count). The van der Waals surface area contributed by atoms with E-state index in [0.717, 1.165) is 51.1 Å². The van der Waals surface area contributed by atoms with Gasteiger partial charge >= 0.3 is 5.97 Å². The van der Waals surface area contributed by atoms with Crippen LogP contribution >= 0.6 is 11.6 Å². The van der Waals surface area contributed by atoms with Crippen molar-refractivity contribution in [1.82, 2.24) is 4.98 Å². The number of aliphatic hydroxyl groups excluding tert-OH is 1. The molecule has 0 saturated heterocycles. The SMILES string of the molecule is Cc1ccc(C2CC23c2cc(-c4ccc(-c5ccncc5)cc4)c(Cl)cc2N(C(C)C)C3O)cc1C(=O)O. The van der Waals surface area contributed by atoms with Gasteiger partial charge in [0.2, 0.25) is 0 Å². The van der Waals surface area contributed by atoms with Gasteiger partial charge in [0, 0.05) is 35.1 Å². The van der Waals surface area contributed by atoms with Crippen LogP contribution in [0.4, 0.5) is 5.69 Å².